The molecule has 112 valence electrons. The minimum Gasteiger partial charge on any atom is -0.346 e. The Morgan fingerprint density at radius 2 is 1.86 bits per heavy atom. The molecule has 3 nitrogen and oxygen atoms in total. The summed E-state index contributed by atoms with van der Waals surface area (Å²) in [7, 11) is 0. The number of benzene rings is 1. The Hall–Kier alpha value is -2.16. The van der Waals surface area contributed by atoms with Crippen molar-refractivity contribution in [2.24, 2.45) is 9.98 Å². The second kappa shape index (κ2) is 9.70. The van der Waals surface area contributed by atoms with Crippen LogP contribution in [0, 0.1) is 0 Å². The van der Waals surface area contributed by atoms with Gasteiger partial charge in [0.15, 0.2) is 0 Å². The summed E-state index contributed by atoms with van der Waals surface area (Å²) >= 11 is 0. The molecule has 0 aliphatic carbocycles. The van der Waals surface area contributed by atoms with Crippen LogP contribution in [0.3, 0.4) is 0 Å². The van der Waals surface area contributed by atoms with Gasteiger partial charge in [0.25, 0.3) is 0 Å². The number of amidine groups is 1. The molecule has 3 heteroatoms. The van der Waals surface area contributed by atoms with E-state index in [0.717, 1.165) is 18.0 Å². The zero-order valence-corrected chi connectivity index (χ0v) is 13.4. The lowest BCUT2D eigenvalue weighted by atomic mass is 10.2. The molecule has 21 heavy (non-hydrogen) atoms. The molecule has 2 rings (SSSR count). The maximum Gasteiger partial charge on any atom is 0.146 e. The predicted octanol–water partition coefficient (Wildman–Crippen LogP) is 4.48. The first-order valence-electron chi connectivity index (χ1n) is 7.46. The Kier molecular flexibility index (Phi) is 7.80. The number of rotatable bonds is 2. The van der Waals surface area contributed by atoms with E-state index < -0.39 is 0 Å². The van der Waals surface area contributed by atoms with E-state index in [1.54, 1.807) is 0 Å². The molecule has 0 saturated carbocycles. The van der Waals surface area contributed by atoms with Crippen LogP contribution in [0.1, 0.15) is 39.7 Å². The number of allylic oxidation sites excluding steroid dienone is 2. The first-order valence-corrected chi connectivity index (χ1v) is 7.46. The first-order chi connectivity index (χ1) is 10.3. The molecule has 0 bridgehead atoms. The average molecular weight is 283 g/mol. The van der Waals surface area contributed by atoms with Gasteiger partial charge in [0.1, 0.15) is 5.84 Å². The Bertz CT molecular complexity index is 537. The number of hydrogen-bond acceptors (Lipinski definition) is 2. The summed E-state index contributed by atoms with van der Waals surface area (Å²) in [5, 5.41) is 3.21. The molecule has 0 spiro atoms. The standard InChI is InChI=1S/C16H19N3.C2H6/c1-13-7-6-10-17-16(14(2)18-11-13)19-12-15-8-4-3-5-9-15;1-2/h3-6,8-11H,7,12H2,1-2H3,(H,17,19);1-2H3/b10-6-,13-11-,18-14?;. The fourth-order valence-electron chi connectivity index (χ4n) is 1.72. The molecule has 0 saturated heterocycles. The summed E-state index contributed by atoms with van der Waals surface area (Å²) in [5.74, 6) is 0.825. The molecule has 1 N–H and O–H groups in total. The second-order valence-corrected chi connectivity index (χ2v) is 4.59. The first kappa shape index (κ1) is 16.9. The smallest absolute Gasteiger partial charge is 0.146 e. The van der Waals surface area contributed by atoms with E-state index in [4.69, 9.17) is 0 Å². The summed E-state index contributed by atoms with van der Waals surface area (Å²) in [6.07, 6.45) is 6.84. The lowest BCUT2D eigenvalue weighted by Crippen LogP contribution is -2.25. The van der Waals surface area contributed by atoms with Crippen LogP contribution >= 0.6 is 0 Å². The molecule has 0 atom stereocenters. The summed E-state index contributed by atoms with van der Waals surface area (Å²) in [4.78, 5) is 9.04. The molecule has 0 aromatic heterocycles. The van der Waals surface area contributed by atoms with Gasteiger partial charge in [0.05, 0.1) is 12.3 Å². The molecule has 1 aliphatic rings. The Labute approximate surface area is 128 Å². The van der Waals surface area contributed by atoms with Gasteiger partial charge in [-0.25, -0.2) is 0 Å². The van der Waals surface area contributed by atoms with Gasteiger partial charge in [-0.1, -0.05) is 55.8 Å². The van der Waals surface area contributed by atoms with Crippen LogP contribution < -0.4 is 5.32 Å². The lowest BCUT2D eigenvalue weighted by molar-refractivity contribution is 1.05. The van der Waals surface area contributed by atoms with Crippen molar-refractivity contribution in [3.8, 4) is 0 Å². The van der Waals surface area contributed by atoms with Crippen LogP contribution in [0.25, 0.3) is 0 Å². The predicted molar refractivity (Wildman–Crippen MR) is 92.7 cm³/mol. The monoisotopic (exact) mass is 283 g/mol. The maximum atomic E-state index is 4.60. The van der Waals surface area contributed by atoms with Crippen molar-refractivity contribution in [1.29, 1.82) is 0 Å². The Balaban J connectivity index is 0.00000106. The molecular weight excluding hydrogens is 258 g/mol. The molecule has 1 aromatic carbocycles. The highest BCUT2D eigenvalue weighted by molar-refractivity contribution is 6.40. The van der Waals surface area contributed by atoms with Crippen LogP contribution in [-0.2, 0) is 6.54 Å². The van der Waals surface area contributed by atoms with Gasteiger partial charge in [-0.15, -0.1) is 0 Å². The Morgan fingerprint density at radius 3 is 2.57 bits per heavy atom. The zero-order valence-electron chi connectivity index (χ0n) is 13.4. The topological polar surface area (TPSA) is 36.8 Å². The van der Waals surface area contributed by atoms with Crippen LogP contribution in [0.15, 0.2) is 64.4 Å². The molecule has 0 amide bonds. The third-order valence-corrected chi connectivity index (χ3v) is 2.86. The highest BCUT2D eigenvalue weighted by Gasteiger charge is 2.02. The van der Waals surface area contributed by atoms with E-state index >= 15 is 0 Å². The van der Waals surface area contributed by atoms with Gasteiger partial charge in [-0.3, -0.25) is 9.98 Å². The van der Waals surface area contributed by atoms with Gasteiger partial charge >= 0.3 is 0 Å². The number of aliphatic imine (C=N–C) groups is 2. The summed E-state index contributed by atoms with van der Waals surface area (Å²) in [5.41, 5.74) is 3.34. The largest absolute Gasteiger partial charge is 0.346 e. The van der Waals surface area contributed by atoms with Crippen molar-refractivity contribution in [1.82, 2.24) is 5.32 Å². The summed E-state index contributed by atoms with van der Waals surface area (Å²) < 4.78 is 0. The van der Waals surface area contributed by atoms with Gasteiger partial charge < -0.3 is 5.32 Å². The van der Waals surface area contributed by atoms with Crippen molar-refractivity contribution in [2.45, 2.75) is 40.7 Å². The molecule has 0 unspecified atom stereocenters. The summed E-state index contributed by atoms with van der Waals surface area (Å²) in [6.45, 7) is 8.71. The van der Waals surface area contributed by atoms with Gasteiger partial charge in [0, 0.05) is 6.20 Å². The van der Waals surface area contributed by atoms with Crippen molar-refractivity contribution < 1.29 is 0 Å². The second-order valence-electron chi connectivity index (χ2n) is 4.59. The van der Waals surface area contributed by atoms with Crippen molar-refractivity contribution in [3.05, 3.63) is 59.9 Å². The zero-order chi connectivity index (χ0) is 15.5. The Morgan fingerprint density at radius 1 is 1.14 bits per heavy atom. The third-order valence-electron chi connectivity index (χ3n) is 2.86. The molecule has 0 fully saturated rings. The minimum atomic E-state index is 0.659. The van der Waals surface area contributed by atoms with Crippen LogP contribution in [0.5, 0.6) is 0 Å². The third kappa shape index (κ3) is 6.21. The summed E-state index contributed by atoms with van der Waals surface area (Å²) in [6, 6.07) is 10.2. The highest BCUT2D eigenvalue weighted by atomic mass is 15.0. The molecule has 1 aliphatic heterocycles. The van der Waals surface area contributed by atoms with E-state index in [1.165, 1.54) is 11.1 Å². The highest BCUT2D eigenvalue weighted by Crippen LogP contribution is 2.04. The maximum absolute atomic E-state index is 4.60. The quantitative estimate of drug-likeness (QED) is 0.853. The van der Waals surface area contributed by atoms with Crippen LogP contribution in [-0.4, -0.2) is 11.5 Å². The van der Waals surface area contributed by atoms with Crippen molar-refractivity contribution >= 4 is 11.5 Å². The number of hydrogen-bond donors (Lipinski definition) is 1. The lowest BCUT2D eigenvalue weighted by Gasteiger charge is -2.05. The molecule has 1 heterocycles. The van der Waals surface area contributed by atoms with Gasteiger partial charge in [0.2, 0.25) is 0 Å². The number of nitrogens with zero attached hydrogens (tertiary/aromatic N) is 2. The van der Waals surface area contributed by atoms with E-state index in [9.17, 15) is 0 Å². The number of nitrogens with one attached hydrogen (secondary N) is 1. The van der Waals surface area contributed by atoms with Gasteiger partial charge in [-0.05, 0) is 32.0 Å². The molecule has 1 aromatic rings. The van der Waals surface area contributed by atoms with E-state index in [2.05, 4.69) is 40.4 Å². The van der Waals surface area contributed by atoms with E-state index in [0.29, 0.717) is 6.54 Å². The van der Waals surface area contributed by atoms with Crippen molar-refractivity contribution in [3.63, 3.8) is 0 Å². The molecular formula is C18H25N3. The van der Waals surface area contributed by atoms with Crippen LogP contribution in [0.4, 0.5) is 0 Å². The van der Waals surface area contributed by atoms with E-state index in [-0.39, 0.29) is 0 Å². The van der Waals surface area contributed by atoms with E-state index in [1.807, 2.05) is 51.4 Å². The van der Waals surface area contributed by atoms with Crippen LogP contribution in [0.2, 0.25) is 0 Å². The van der Waals surface area contributed by atoms with Crippen molar-refractivity contribution in [2.75, 3.05) is 0 Å². The normalized spacial score (nSPS) is 20.5. The molecule has 0 radical (unpaired) electrons. The fraction of sp³-hybridized carbons (Fsp3) is 0.333. The van der Waals surface area contributed by atoms with Gasteiger partial charge in [-0.2, -0.15) is 0 Å². The minimum absolute atomic E-state index is 0.659. The average Bonchev–Trinajstić information content (AvgIpc) is 2.61. The SMILES string of the molecule is CC.CC1=N/C=C(/C)C/C=C\NC1=NCc1ccccc1. The fourth-order valence-corrected chi connectivity index (χ4v) is 1.72.